The number of carbonyl (C=O) groups excluding carboxylic acids is 8. The van der Waals surface area contributed by atoms with E-state index in [2.05, 4.69) is 47.4 Å². The molecule has 11 N–H and O–H groups in total. The summed E-state index contributed by atoms with van der Waals surface area (Å²) >= 11 is 6.14. The number of halogens is 1. The van der Waals surface area contributed by atoms with Gasteiger partial charge in [0.25, 0.3) is 5.91 Å². The van der Waals surface area contributed by atoms with Crippen LogP contribution < -0.4 is 52.4 Å². The third-order valence-electron chi connectivity index (χ3n) is 13.9. The van der Waals surface area contributed by atoms with E-state index in [1.165, 1.54) is 27.1 Å². The predicted octanol–water partition coefficient (Wildman–Crippen LogP) is 7.56. The van der Waals surface area contributed by atoms with Gasteiger partial charge in [0.05, 0.1) is 36.7 Å². The van der Waals surface area contributed by atoms with Crippen molar-refractivity contribution in [1.29, 1.82) is 0 Å². The second-order valence-electron chi connectivity index (χ2n) is 25.0. The molecule has 1 aliphatic heterocycles. The minimum Gasteiger partial charge on any atom is -0.491 e. The third-order valence-corrected chi connectivity index (χ3v) is 14.1. The molecule has 0 fully saturated rings. The van der Waals surface area contributed by atoms with Crippen LogP contribution in [-0.2, 0) is 39.8 Å². The van der Waals surface area contributed by atoms with E-state index < -0.39 is 101 Å². The number of aromatic nitrogens is 2. The van der Waals surface area contributed by atoms with Gasteiger partial charge in [-0.25, -0.2) is 14.4 Å². The number of hydrogen-bond donors (Lipinski definition) is 10. The van der Waals surface area contributed by atoms with Gasteiger partial charge in [-0.05, 0) is 166 Å². The predicted molar refractivity (Wildman–Crippen MR) is 342 cm³/mol. The zero-order valence-corrected chi connectivity index (χ0v) is 54.3. The molecule has 0 saturated carbocycles. The molecule has 1 unspecified atom stereocenters. The van der Waals surface area contributed by atoms with E-state index in [-0.39, 0.29) is 79.7 Å². The van der Waals surface area contributed by atoms with Gasteiger partial charge in [0.1, 0.15) is 71.8 Å². The Labute approximate surface area is 535 Å². The molecule has 0 aliphatic carbocycles. The summed E-state index contributed by atoms with van der Waals surface area (Å²) in [6.45, 7) is 18.4. The van der Waals surface area contributed by atoms with Crippen LogP contribution in [0.25, 0.3) is 22.3 Å². The fourth-order valence-corrected chi connectivity index (χ4v) is 9.63. The number of rotatable bonds is 22. The van der Waals surface area contributed by atoms with Crippen molar-refractivity contribution in [2.45, 2.75) is 155 Å². The number of anilines is 1. The van der Waals surface area contributed by atoms with Gasteiger partial charge < -0.3 is 76.6 Å². The van der Waals surface area contributed by atoms with E-state index in [1.54, 1.807) is 135 Å². The molecule has 0 spiro atoms. The summed E-state index contributed by atoms with van der Waals surface area (Å²) in [5, 5.41) is 37.6. The number of H-pyrrole nitrogens is 1. The summed E-state index contributed by atoms with van der Waals surface area (Å²) in [4.78, 5) is 113. The van der Waals surface area contributed by atoms with Gasteiger partial charge in [-0.15, -0.1) is 0 Å². The first-order valence-electron chi connectivity index (χ1n) is 30.0. The van der Waals surface area contributed by atoms with Crippen molar-refractivity contribution >= 4 is 65.1 Å². The largest absolute Gasteiger partial charge is 0.491 e. The molecule has 8 amide bonds. The standard InChI is InChI=1S/C65H86ClN11O14/c1-37(54(78)52-47(67)36-71-76-52)72-57(81)49-34-39-16-26-50(87-31-29-69-61(85)90-64(6,7)8)45(33-39)46-35-43(23-27-51(46)88-32-30-70-62(86)91-65(9,10)11)53(58(82)73-38(2)55(79)75-49)77(12)59(83)48(15-13-14-28-68-60(84)89-63(3,4)5)74-56(80)42-19-17-40(18-20-42)41-21-24-44(66)25-22-41/h16-27,33,35-38,48-49,53-54,78H,13-15,28-32,34,67H2,1-12H3,(H,68,84)(H,69,85)(H,70,86)(H,71,76)(H,72,81)(H,73,82)(H,74,80)(H,75,79)/t37-,38-,48-,49-,53-,54?/m0/s1. The molecule has 6 rings (SSSR count). The van der Waals surface area contributed by atoms with Crippen molar-refractivity contribution < 1.29 is 67.1 Å². The maximum Gasteiger partial charge on any atom is 0.407 e. The number of benzene rings is 4. The number of aromatic amines is 1. The molecular formula is C65H86ClN11O14. The molecule has 4 aromatic carbocycles. The fraction of sp³-hybridized carbons (Fsp3) is 0.462. The first kappa shape index (κ1) is 71.0. The summed E-state index contributed by atoms with van der Waals surface area (Å²) in [5.74, 6) is -3.27. The van der Waals surface area contributed by atoms with Gasteiger partial charge in [0, 0.05) is 41.7 Å². The van der Waals surface area contributed by atoms with Gasteiger partial charge in [-0.2, -0.15) is 5.10 Å². The molecule has 4 bridgehead atoms. The van der Waals surface area contributed by atoms with Crippen molar-refractivity contribution in [3.63, 3.8) is 0 Å². The normalized spacial score (nSPS) is 16.2. The molecule has 1 aromatic heterocycles. The Morgan fingerprint density at radius 3 is 1.77 bits per heavy atom. The molecule has 1 aliphatic rings. The minimum absolute atomic E-state index is 0.0155. The van der Waals surface area contributed by atoms with Crippen LogP contribution in [0.15, 0.2) is 91.1 Å². The second kappa shape index (κ2) is 31.6. The van der Waals surface area contributed by atoms with Crippen molar-refractivity contribution in [2.24, 2.45) is 0 Å². The van der Waals surface area contributed by atoms with E-state index in [0.717, 1.165) is 16.0 Å². The Bertz CT molecular complexity index is 3360. The molecule has 91 heavy (non-hydrogen) atoms. The number of nitrogens with one attached hydrogen (secondary N) is 8. The number of nitrogens with zero attached hydrogens (tertiary/aromatic N) is 2. The van der Waals surface area contributed by atoms with Gasteiger partial charge >= 0.3 is 18.3 Å². The quantitative estimate of drug-likeness (QED) is 0.0236. The molecular weight excluding hydrogens is 1190 g/mol. The van der Waals surface area contributed by atoms with Crippen LogP contribution >= 0.6 is 11.6 Å². The van der Waals surface area contributed by atoms with Crippen LogP contribution in [0.3, 0.4) is 0 Å². The summed E-state index contributed by atoms with van der Waals surface area (Å²) in [6.07, 6.45) is -1.53. The first-order chi connectivity index (χ1) is 42.7. The maximum atomic E-state index is 15.4. The second-order valence-corrected chi connectivity index (χ2v) is 25.4. The Balaban J connectivity index is 1.45. The molecule has 26 heteroatoms. The average molecular weight is 1280 g/mol. The number of aliphatic hydroxyl groups is 1. The van der Waals surface area contributed by atoms with E-state index in [4.69, 9.17) is 41.0 Å². The molecule has 25 nitrogen and oxygen atoms in total. The highest BCUT2D eigenvalue weighted by Crippen LogP contribution is 2.40. The van der Waals surface area contributed by atoms with Crippen LogP contribution in [0.1, 0.15) is 135 Å². The maximum absolute atomic E-state index is 15.4. The van der Waals surface area contributed by atoms with Crippen LogP contribution in [0.5, 0.6) is 11.5 Å². The van der Waals surface area contributed by atoms with Crippen molar-refractivity contribution in [2.75, 3.05) is 45.6 Å². The summed E-state index contributed by atoms with van der Waals surface area (Å²) in [7, 11) is 1.39. The van der Waals surface area contributed by atoms with Crippen LogP contribution in [0.2, 0.25) is 5.02 Å². The van der Waals surface area contributed by atoms with E-state index in [9.17, 15) is 33.9 Å². The first-order valence-corrected chi connectivity index (χ1v) is 30.4. The van der Waals surface area contributed by atoms with Crippen molar-refractivity contribution in [1.82, 2.24) is 52.3 Å². The number of fused-ring (bicyclic) bond motifs is 5. The lowest BCUT2D eigenvalue weighted by molar-refractivity contribution is -0.141. The number of unbranched alkanes of at least 4 members (excludes halogenated alkanes) is 1. The Morgan fingerprint density at radius 2 is 1.23 bits per heavy atom. The number of alkyl carbamates (subject to hydrolysis) is 3. The number of nitrogen functional groups attached to an aromatic ring is 1. The number of ether oxygens (including phenoxy) is 5. The summed E-state index contributed by atoms with van der Waals surface area (Å²) in [6, 6.07) is 17.1. The number of nitrogens with two attached hydrogens (primary N) is 1. The number of aliphatic hydroxyl groups excluding tert-OH is 1. The summed E-state index contributed by atoms with van der Waals surface area (Å²) < 4.78 is 29.1. The van der Waals surface area contributed by atoms with Crippen molar-refractivity contribution in [3.8, 4) is 33.8 Å². The molecule has 492 valence electrons. The number of carbonyl (C=O) groups is 8. The zero-order chi connectivity index (χ0) is 67.0. The smallest absolute Gasteiger partial charge is 0.407 e. The van der Waals surface area contributed by atoms with Gasteiger partial charge in [0.15, 0.2) is 0 Å². The average Bonchev–Trinajstić information content (AvgIpc) is 1.58. The highest BCUT2D eigenvalue weighted by atomic mass is 35.5. The number of likely N-dealkylation sites (N-methyl/N-ethyl adjacent to an activating group) is 1. The van der Waals surface area contributed by atoms with Crippen LogP contribution in [0, 0.1) is 0 Å². The molecule has 2 heterocycles. The monoisotopic (exact) mass is 1280 g/mol. The number of hydrogen-bond acceptors (Lipinski definition) is 16. The third kappa shape index (κ3) is 21.8. The topological polar surface area (TPSA) is 345 Å². The highest BCUT2D eigenvalue weighted by molar-refractivity contribution is 6.30. The molecule has 0 saturated heterocycles. The Morgan fingerprint density at radius 1 is 0.703 bits per heavy atom. The fourth-order valence-electron chi connectivity index (χ4n) is 9.50. The lowest BCUT2D eigenvalue weighted by Crippen LogP contribution is -2.56. The summed E-state index contributed by atoms with van der Waals surface area (Å²) in [5.41, 5.74) is 7.18. The van der Waals surface area contributed by atoms with E-state index in [0.29, 0.717) is 34.6 Å². The van der Waals surface area contributed by atoms with Gasteiger partial charge in [-0.3, -0.25) is 29.1 Å². The van der Waals surface area contributed by atoms with E-state index >= 15 is 9.59 Å². The van der Waals surface area contributed by atoms with E-state index in [1.807, 2.05) is 12.1 Å². The highest BCUT2D eigenvalue weighted by Gasteiger charge is 2.37. The Kier molecular flexibility index (Phi) is 24.6. The molecule has 0 radical (unpaired) electrons. The lowest BCUT2D eigenvalue weighted by atomic mass is 9.93. The SMILES string of the molecule is C[C@@H]1NC(=O)[C@@H](N(C)C(=O)[C@H](CCCCNC(=O)OC(C)(C)C)NC(=O)c2ccc(-c3ccc(Cl)cc3)cc2)c2ccc(OCCNC(=O)OC(C)(C)C)c(c2)-c2cc(ccc2OCCNC(=O)OC(C)(C)C)C[C@@H](C(=O)N[C@@H](C)C(O)c2[nH]ncc2N)NC1=O. The van der Waals surface area contributed by atoms with Crippen LogP contribution in [-0.4, -0.2) is 149 Å². The van der Waals surface area contributed by atoms with Crippen LogP contribution in [0.4, 0.5) is 20.1 Å². The van der Waals surface area contributed by atoms with Crippen molar-refractivity contribution in [3.05, 3.63) is 119 Å². The lowest BCUT2D eigenvalue weighted by Gasteiger charge is -2.33. The number of amides is 8. The molecule has 5 aromatic rings. The van der Waals surface area contributed by atoms with Gasteiger partial charge in [0.2, 0.25) is 23.6 Å². The molecule has 6 atom stereocenters. The zero-order valence-electron chi connectivity index (χ0n) is 53.6. The van der Waals surface area contributed by atoms with Gasteiger partial charge in [-0.1, -0.05) is 48.0 Å². The Hall–Kier alpha value is -9.10. The minimum atomic E-state index is -1.57.